The Labute approximate surface area is 104 Å². The lowest BCUT2D eigenvalue weighted by molar-refractivity contribution is 0.237. The van der Waals surface area contributed by atoms with E-state index in [0.717, 1.165) is 26.2 Å². The SMILES string of the molecule is C=CCN(Cc1ccc2c(c1)CNC2)C(C)C. The summed E-state index contributed by atoms with van der Waals surface area (Å²) in [5.41, 5.74) is 4.32. The molecule has 1 heterocycles. The van der Waals surface area contributed by atoms with Crippen LogP contribution >= 0.6 is 0 Å². The number of rotatable bonds is 5. The molecule has 0 saturated heterocycles. The minimum atomic E-state index is 0.555. The normalized spacial score (nSPS) is 14.4. The van der Waals surface area contributed by atoms with Crippen molar-refractivity contribution < 1.29 is 0 Å². The minimum Gasteiger partial charge on any atom is -0.309 e. The van der Waals surface area contributed by atoms with Crippen LogP contribution < -0.4 is 5.32 Å². The Morgan fingerprint density at radius 2 is 2.12 bits per heavy atom. The molecule has 1 aromatic carbocycles. The number of nitrogens with zero attached hydrogens (tertiary/aromatic N) is 1. The van der Waals surface area contributed by atoms with E-state index in [2.05, 4.69) is 48.8 Å². The van der Waals surface area contributed by atoms with Crippen LogP contribution in [0.25, 0.3) is 0 Å². The summed E-state index contributed by atoms with van der Waals surface area (Å²) < 4.78 is 0. The third kappa shape index (κ3) is 2.96. The van der Waals surface area contributed by atoms with Crippen LogP contribution in [-0.4, -0.2) is 17.5 Å². The van der Waals surface area contributed by atoms with E-state index in [9.17, 15) is 0 Å². The van der Waals surface area contributed by atoms with Gasteiger partial charge in [0.15, 0.2) is 0 Å². The number of benzene rings is 1. The van der Waals surface area contributed by atoms with Crippen LogP contribution in [0, 0.1) is 0 Å². The van der Waals surface area contributed by atoms with Gasteiger partial charge in [0.25, 0.3) is 0 Å². The van der Waals surface area contributed by atoms with Crippen LogP contribution in [0.3, 0.4) is 0 Å². The molecular formula is C15H22N2. The molecular weight excluding hydrogens is 208 g/mol. The number of nitrogens with one attached hydrogen (secondary N) is 1. The summed E-state index contributed by atoms with van der Waals surface area (Å²) in [6.45, 7) is 12.3. The first-order valence-corrected chi connectivity index (χ1v) is 6.37. The first kappa shape index (κ1) is 12.3. The van der Waals surface area contributed by atoms with E-state index in [4.69, 9.17) is 0 Å². The van der Waals surface area contributed by atoms with Gasteiger partial charge in [-0.15, -0.1) is 6.58 Å². The van der Waals surface area contributed by atoms with E-state index in [0.29, 0.717) is 6.04 Å². The number of hydrogen-bond acceptors (Lipinski definition) is 2. The Kier molecular flexibility index (Phi) is 3.97. The molecule has 1 aromatic rings. The Morgan fingerprint density at radius 1 is 1.35 bits per heavy atom. The molecule has 0 aromatic heterocycles. The van der Waals surface area contributed by atoms with Gasteiger partial charge in [-0.3, -0.25) is 4.90 Å². The fourth-order valence-electron chi connectivity index (χ4n) is 2.30. The van der Waals surface area contributed by atoms with Crippen molar-refractivity contribution in [3.8, 4) is 0 Å². The highest BCUT2D eigenvalue weighted by Gasteiger charge is 2.12. The molecule has 0 aliphatic carbocycles. The fourth-order valence-corrected chi connectivity index (χ4v) is 2.30. The average molecular weight is 230 g/mol. The highest BCUT2D eigenvalue weighted by atomic mass is 15.1. The van der Waals surface area contributed by atoms with Gasteiger partial charge in [0, 0.05) is 32.2 Å². The minimum absolute atomic E-state index is 0.555. The second kappa shape index (κ2) is 5.48. The maximum absolute atomic E-state index is 3.83. The van der Waals surface area contributed by atoms with Crippen LogP contribution in [0.1, 0.15) is 30.5 Å². The van der Waals surface area contributed by atoms with Gasteiger partial charge in [-0.25, -0.2) is 0 Å². The zero-order valence-corrected chi connectivity index (χ0v) is 10.9. The van der Waals surface area contributed by atoms with Crippen molar-refractivity contribution in [2.45, 2.75) is 39.5 Å². The largest absolute Gasteiger partial charge is 0.309 e. The van der Waals surface area contributed by atoms with Crippen LogP contribution in [0.5, 0.6) is 0 Å². The van der Waals surface area contributed by atoms with Gasteiger partial charge in [-0.05, 0) is 30.5 Å². The summed E-state index contributed by atoms with van der Waals surface area (Å²) >= 11 is 0. The molecule has 2 rings (SSSR count). The van der Waals surface area contributed by atoms with Crippen LogP contribution in [0.4, 0.5) is 0 Å². The molecule has 0 saturated carbocycles. The molecule has 0 bridgehead atoms. The predicted molar refractivity (Wildman–Crippen MR) is 72.7 cm³/mol. The van der Waals surface area contributed by atoms with Crippen LogP contribution in [0.2, 0.25) is 0 Å². The molecule has 1 N–H and O–H groups in total. The van der Waals surface area contributed by atoms with Gasteiger partial charge in [-0.1, -0.05) is 24.3 Å². The lowest BCUT2D eigenvalue weighted by Gasteiger charge is -2.25. The van der Waals surface area contributed by atoms with Crippen molar-refractivity contribution in [3.05, 3.63) is 47.5 Å². The van der Waals surface area contributed by atoms with Crippen molar-refractivity contribution in [1.82, 2.24) is 10.2 Å². The first-order valence-electron chi connectivity index (χ1n) is 6.37. The lowest BCUT2D eigenvalue weighted by atomic mass is 10.1. The van der Waals surface area contributed by atoms with E-state index >= 15 is 0 Å². The third-order valence-corrected chi connectivity index (χ3v) is 3.38. The van der Waals surface area contributed by atoms with E-state index in [1.165, 1.54) is 16.7 Å². The van der Waals surface area contributed by atoms with Gasteiger partial charge in [0.05, 0.1) is 0 Å². The van der Waals surface area contributed by atoms with Crippen molar-refractivity contribution in [2.24, 2.45) is 0 Å². The Bertz CT molecular complexity index is 396. The molecule has 92 valence electrons. The maximum Gasteiger partial charge on any atom is 0.0239 e. The molecule has 1 aliphatic heterocycles. The molecule has 0 spiro atoms. The highest BCUT2D eigenvalue weighted by Crippen LogP contribution is 2.18. The summed E-state index contributed by atoms with van der Waals surface area (Å²) in [6, 6.07) is 7.41. The van der Waals surface area contributed by atoms with Gasteiger partial charge in [0.2, 0.25) is 0 Å². The fraction of sp³-hybridized carbons (Fsp3) is 0.467. The van der Waals surface area contributed by atoms with Gasteiger partial charge < -0.3 is 5.32 Å². The third-order valence-electron chi connectivity index (χ3n) is 3.38. The van der Waals surface area contributed by atoms with E-state index < -0.39 is 0 Å². The number of fused-ring (bicyclic) bond motifs is 1. The molecule has 2 nitrogen and oxygen atoms in total. The van der Waals surface area contributed by atoms with Crippen molar-refractivity contribution >= 4 is 0 Å². The van der Waals surface area contributed by atoms with Crippen molar-refractivity contribution in [2.75, 3.05) is 6.54 Å². The number of hydrogen-bond donors (Lipinski definition) is 1. The van der Waals surface area contributed by atoms with Crippen LogP contribution in [-0.2, 0) is 19.6 Å². The second-order valence-corrected chi connectivity index (χ2v) is 5.02. The zero-order chi connectivity index (χ0) is 12.3. The van der Waals surface area contributed by atoms with Crippen molar-refractivity contribution in [3.63, 3.8) is 0 Å². The summed E-state index contributed by atoms with van der Waals surface area (Å²) in [7, 11) is 0. The summed E-state index contributed by atoms with van der Waals surface area (Å²) in [5, 5.41) is 3.39. The monoisotopic (exact) mass is 230 g/mol. The first-order chi connectivity index (χ1) is 8.20. The highest BCUT2D eigenvalue weighted by molar-refractivity contribution is 5.34. The summed E-state index contributed by atoms with van der Waals surface area (Å²) in [6.07, 6.45) is 1.98. The molecule has 0 amide bonds. The Balaban J connectivity index is 2.09. The molecule has 17 heavy (non-hydrogen) atoms. The zero-order valence-electron chi connectivity index (χ0n) is 10.9. The van der Waals surface area contributed by atoms with E-state index in [-0.39, 0.29) is 0 Å². The molecule has 0 fully saturated rings. The topological polar surface area (TPSA) is 15.3 Å². The smallest absolute Gasteiger partial charge is 0.0239 e. The van der Waals surface area contributed by atoms with Crippen molar-refractivity contribution in [1.29, 1.82) is 0 Å². The second-order valence-electron chi connectivity index (χ2n) is 5.02. The summed E-state index contributed by atoms with van der Waals surface area (Å²) in [5.74, 6) is 0. The molecule has 2 heteroatoms. The van der Waals surface area contributed by atoms with Gasteiger partial charge in [-0.2, -0.15) is 0 Å². The van der Waals surface area contributed by atoms with E-state index in [1.54, 1.807) is 0 Å². The Hall–Kier alpha value is -1.12. The average Bonchev–Trinajstić information content (AvgIpc) is 2.75. The van der Waals surface area contributed by atoms with Gasteiger partial charge in [0.1, 0.15) is 0 Å². The van der Waals surface area contributed by atoms with Gasteiger partial charge >= 0.3 is 0 Å². The van der Waals surface area contributed by atoms with E-state index in [1.807, 2.05) is 6.08 Å². The quantitative estimate of drug-likeness (QED) is 0.782. The summed E-state index contributed by atoms with van der Waals surface area (Å²) in [4.78, 5) is 2.43. The predicted octanol–water partition coefficient (Wildman–Crippen LogP) is 2.69. The Morgan fingerprint density at radius 3 is 2.82 bits per heavy atom. The standard InChI is InChI=1S/C15H22N2/c1-4-7-17(12(2)3)11-13-5-6-14-9-16-10-15(14)8-13/h4-6,8,12,16H,1,7,9-11H2,2-3H3. The maximum atomic E-state index is 3.83. The molecule has 1 aliphatic rings. The lowest BCUT2D eigenvalue weighted by Crippen LogP contribution is -2.30. The van der Waals surface area contributed by atoms with Crippen LogP contribution in [0.15, 0.2) is 30.9 Å². The molecule has 0 atom stereocenters. The molecule has 0 radical (unpaired) electrons. The molecule has 0 unspecified atom stereocenters.